The van der Waals surface area contributed by atoms with E-state index in [0.717, 1.165) is 0 Å². The van der Waals surface area contributed by atoms with E-state index >= 15 is 0 Å². The van der Waals surface area contributed by atoms with Crippen LogP contribution in [0.15, 0.2) is 24.8 Å². The molecule has 8 heteroatoms. The third-order valence-electron chi connectivity index (χ3n) is 2.67. The smallest absolute Gasteiger partial charge is 0.229 e. The Hall–Kier alpha value is -1.86. The molecule has 7 nitrogen and oxygen atoms in total. The second kappa shape index (κ2) is 6.53. The van der Waals surface area contributed by atoms with Gasteiger partial charge in [-0.05, 0) is 0 Å². The van der Waals surface area contributed by atoms with Crippen molar-refractivity contribution < 1.29 is 9.53 Å². The molecule has 2 aromatic rings. The van der Waals surface area contributed by atoms with E-state index in [4.69, 9.17) is 16.3 Å². The molecule has 1 amide bonds. The third kappa shape index (κ3) is 3.82. The molecule has 1 atom stereocenters. The number of carbonyl (C=O) groups excluding carboxylic acids is 1. The number of hydrogen-bond donors (Lipinski definition) is 1. The van der Waals surface area contributed by atoms with Gasteiger partial charge in [-0.3, -0.25) is 9.48 Å². The molecule has 0 spiro atoms. The summed E-state index contributed by atoms with van der Waals surface area (Å²) in [7, 11) is 1.58. The van der Waals surface area contributed by atoms with Crippen LogP contribution in [0.4, 0.5) is 5.69 Å². The molecule has 0 bridgehead atoms. The van der Waals surface area contributed by atoms with E-state index in [1.54, 1.807) is 41.3 Å². The molecule has 20 heavy (non-hydrogen) atoms. The molecule has 0 aliphatic rings. The van der Waals surface area contributed by atoms with Crippen molar-refractivity contribution in [1.29, 1.82) is 0 Å². The van der Waals surface area contributed by atoms with Crippen molar-refractivity contribution in [3.63, 3.8) is 0 Å². The van der Waals surface area contributed by atoms with Crippen LogP contribution in [0.25, 0.3) is 0 Å². The van der Waals surface area contributed by atoms with Crippen molar-refractivity contribution in [2.24, 2.45) is 5.92 Å². The fourth-order valence-electron chi connectivity index (χ4n) is 1.70. The highest BCUT2D eigenvalue weighted by Crippen LogP contribution is 2.11. The van der Waals surface area contributed by atoms with Crippen molar-refractivity contribution in [3.05, 3.63) is 29.8 Å². The van der Waals surface area contributed by atoms with Crippen LogP contribution >= 0.6 is 11.6 Å². The average Bonchev–Trinajstić information content (AvgIpc) is 2.99. The van der Waals surface area contributed by atoms with Gasteiger partial charge in [0.15, 0.2) is 0 Å². The Labute approximate surface area is 121 Å². The fraction of sp³-hybridized carbons (Fsp3) is 0.417. The summed E-state index contributed by atoms with van der Waals surface area (Å²) in [6.45, 7) is 2.63. The summed E-state index contributed by atoms with van der Waals surface area (Å²) in [6.07, 6.45) is 6.51. The van der Waals surface area contributed by atoms with E-state index in [0.29, 0.717) is 24.0 Å². The molecule has 1 N–H and O–H groups in total. The largest absolute Gasteiger partial charge is 0.362 e. The Morgan fingerprint density at radius 2 is 2.15 bits per heavy atom. The van der Waals surface area contributed by atoms with E-state index in [-0.39, 0.29) is 11.8 Å². The normalized spacial score (nSPS) is 12.3. The number of nitrogens with one attached hydrogen (secondary N) is 1. The van der Waals surface area contributed by atoms with E-state index < -0.39 is 0 Å². The lowest BCUT2D eigenvalue weighted by Crippen LogP contribution is -2.24. The maximum Gasteiger partial charge on any atom is 0.229 e. The standard InChI is InChI=1S/C12H16ClN5O2/c1-9(5-17-6-10(13)3-14-17)12(19)16-11-4-15-18(7-11)8-20-2/h3-4,6-7,9H,5,8H2,1-2H3,(H,16,19). The predicted octanol–water partition coefficient (Wildman–Crippen LogP) is 1.61. The maximum absolute atomic E-state index is 12.0. The number of anilines is 1. The highest BCUT2D eigenvalue weighted by molar-refractivity contribution is 6.30. The van der Waals surface area contributed by atoms with E-state index in [9.17, 15) is 4.79 Å². The predicted molar refractivity (Wildman–Crippen MR) is 74.3 cm³/mol. The van der Waals surface area contributed by atoms with E-state index in [2.05, 4.69) is 15.5 Å². The number of carbonyl (C=O) groups is 1. The maximum atomic E-state index is 12.0. The molecule has 108 valence electrons. The molecule has 2 aromatic heterocycles. The molecule has 0 aromatic carbocycles. The highest BCUT2D eigenvalue weighted by Gasteiger charge is 2.15. The van der Waals surface area contributed by atoms with Crippen LogP contribution < -0.4 is 5.32 Å². The zero-order valence-electron chi connectivity index (χ0n) is 11.3. The first-order chi connectivity index (χ1) is 9.58. The highest BCUT2D eigenvalue weighted by atomic mass is 35.5. The summed E-state index contributed by atoms with van der Waals surface area (Å²) in [4.78, 5) is 12.0. The van der Waals surface area contributed by atoms with Gasteiger partial charge < -0.3 is 10.1 Å². The Bertz CT molecular complexity index is 580. The summed E-state index contributed by atoms with van der Waals surface area (Å²) >= 11 is 5.78. The minimum atomic E-state index is -0.239. The van der Waals surface area contributed by atoms with Gasteiger partial charge in [0.05, 0.1) is 41.8 Å². The summed E-state index contributed by atoms with van der Waals surface area (Å²) < 4.78 is 8.17. The lowest BCUT2D eigenvalue weighted by atomic mass is 10.1. The second-order valence-corrected chi connectivity index (χ2v) is 4.89. The van der Waals surface area contributed by atoms with Crippen LogP contribution in [0.5, 0.6) is 0 Å². The van der Waals surface area contributed by atoms with Crippen LogP contribution in [0.1, 0.15) is 6.92 Å². The van der Waals surface area contributed by atoms with Gasteiger partial charge in [0.1, 0.15) is 6.73 Å². The molecule has 0 saturated heterocycles. The van der Waals surface area contributed by atoms with Gasteiger partial charge in [-0.2, -0.15) is 10.2 Å². The Balaban J connectivity index is 1.89. The van der Waals surface area contributed by atoms with Crippen LogP contribution in [0, 0.1) is 5.92 Å². The summed E-state index contributed by atoms with van der Waals surface area (Å²) in [5.74, 6) is -0.342. The fourth-order valence-corrected chi connectivity index (χ4v) is 1.85. The number of rotatable bonds is 6. The van der Waals surface area contributed by atoms with Crippen LogP contribution in [0.3, 0.4) is 0 Å². The number of aromatic nitrogens is 4. The Morgan fingerprint density at radius 1 is 1.40 bits per heavy atom. The summed E-state index contributed by atoms with van der Waals surface area (Å²) in [6, 6.07) is 0. The quantitative estimate of drug-likeness (QED) is 0.879. The number of methoxy groups -OCH3 is 1. The van der Waals surface area contributed by atoms with E-state index in [1.165, 1.54) is 0 Å². The SMILES string of the molecule is COCn1cc(NC(=O)C(C)Cn2cc(Cl)cn2)cn1. The van der Waals surface area contributed by atoms with Gasteiger partial charge >= 0.3 is 0 Å². The molecule has 0 saturated carbocycles. The average molecular weight is 298 g/mol. The number of hydrogen-bond acceptors (Lipinski definition) is 4. The monoisotopic (exact) mass is 297 g/mol. The molecule has 0 fully saturated rings. The van der Waals surface area contributed by atoms with Gasteiger partial charge in [-0.15, -0.1) is 0 Å². The van der Waals surface area contributed by atoms with E-state index in [1.807, 2.05) is 6.92 Å². The van der Waals surface area contributed by atoms with Gasteiger partial charge in [-0.1, -0.05) is 18.5 Å². The third-order valence-corrected chi connectivity index (χ3v) is 2.87. The van der Waals surface area contributed by atoms with Crippen molar-refractivity contribution in [1.82, 2.24) is 19.6 Å². The Kier molecular flexibility index (Phi) is 4.75. The van der Waals surface area contributed by atoms with Crippen molar-refractivity contribution in [2.45, 2.75) is 20.2 Å². The minimum Gasteiger partial charge on any atom is -0.362 e. The molecular formula is C12H16ClN5O2. The number of ether oxygens (including phenoxy) is 1. The summed E-state index contributed by atoms with van der Waals surface area (Å²) in [5.41, 5.74) is 0.636. The molecule has 2 heterocycles. The topological polar surface area (TPSA) is 74.0 Å². The first-order valence-corrected chi connectivity index (χ1v) is 6.46. The van der Waals surface area contributed by atoms with Gasteiger partial charge in [-0.25, -0.2) is 4.68 Å². The van der Waals surface area contributed by atoms with Gasteiger partial charge in [0.25, 0.3) is 0 Å². The molecular weight excluding hydrogens is 282 g/mol. The molecule has 0 aliphatic carbocycles. The first kappa shape index (κ1) is 14.5. The molecule has 0 radical (unpaired) electrons. The number of nitrogens with zero attached hydrogens (tertiary/aromatic N) is 4. The van der Waals surface area contributed by atoms with Crippen molar-refractivity contribution in [2.75, 3.05) is 12.4 Å². The lowest BCUT2D eigenvalue weighted by Gasteiger charge is -2.10. The molecule has 2 rings (SSSR count). The lowest BCUT2D eigenvalue weighted by molar-refractivity contribution is -0.119. The van der Waals surface area contributed by atoms with Gasteiger partial charge in [0.2, 0.25) is 5.91 Å². The van der Waals surface area contributed by atoms with Crippen molar-refractivity contribution >= 4 is 23.2 Å². The summed E-state index contributed by atoms with van der Waals surface area (Å²) in [5, 5.41) is 11.4. The van der Waals surface area contributed by atoms with Crippen LogP contribution in [0.2, 0.25) is 5.02 Å². The second-order valence-electron chi connectivity index (χ2n) is 4.46. The number of halogens is 1. The first-order valence-electron chi connectivity index (χ1n) is 6.08. The molecule has 0 aliphatic heterocycles. The number of amides is 1. The zero-order chi connectivity index (χ0) is 14.5. The van der Waals surface area contributed by atoms with Crippen molar-refractivity contribution in [3.8, 4) is 0 Å². The van der Waals surface area contributed by atoms with Gasteiger partial charge in [0, 0.05) is 13.3 Å². The zero-order valence-corrected chi connectivity index (χ0v) is 12.0. The molecule has 1 unspecified atom stereocenters. The minimum absolute atomic E-state index is 0.103. The van der Waals surface area contributed by atoms with Crippen LogP contribution in [-0.2, 0) is 22.8 Å². The Morgan fingerprint density at radius 3 is 2.80 bits per heavy atom. The van der Waals surface area contributed by atoms with Crippen LogP contribution in [-0.4, -0.2) is 32.6 Å².